The van der Waals surface area contributed by atoms with Crippen molar-refractivity contribution >= 4 is 5.69 Å². The van der Waals surface area contributed by atoms with Crippen LogP contribution in [0.2, 0.25) is 0 Å². The molecule has 1 aliphatic heterocycles. The molecule has 0 aliphatic carbocycles. The number of hydrogen-bond acceptors (Lipinski definition) is 3. The molecule has 1 N–H and O–H groups in total. The summed E-state index contributed by atoms with van der Waals surface area (Å²) in [7, 11) is 2.20. The van der Waals surface area contributed by atoms with Crippen LogP contribution in [0.4, 0.5) is 5.69 Å². The van der Waals surface area contributed by atoms with Crippen LogP contribution in [0.3, 0.4) is 0 Å². The monoisotopic (exact) mass is 247 g/mol. The fourth-order valence-corrected chi connectivity index (χ4v) is 2.33. The van der Waals surface area contributed by atoms with Gasteiger partial charge in [-0.05, 0) is 31.2 Å². The second kappa shape index (κ2) is 6.76. The van der Waals surface area contributed by atoms with E-state index in [0.717, 1.165) is 19.5 Å². The molecule has 1 aliphatic rings. The molecule has 1 heterocycles. The number of aryl methyl sites for hydroxylation is 1. The van der Waals surface area contributed by atoms with Crippen LogP contribution in [0.25, 0.3) is 0 Å². The molecule has 0 bridgehead atoms. The normalized spacial score (nSPS) is 17.9. The lowest BCUT2D eigenvalue weighted by molar-refractivity contribution is 0.158. The van der Waals surface area contributed by atoms with Gasteiger partial charge in [0.2, 0.25) is 0 Å². The van der Waals surface area contributed by atoms with Gasteiger partial charge in [0.15, 0.2) is 0 Å². The van der Waals surface area contributed by atoms with Crippen molar-refractivity contribution in [3.63, 3.8) is 0 Å². The zero-order valence-corrected chi connectivity index (χ0v) is 11.7. The summed E-state index contributed by atoms with van der Waals surface area (Å²) in [5.74, 6) is 0. The van der Waals surface area contributed by atoms with Gasteiger partial charge in [0.25, 0.3) is 0 Å². The van der Waals surface area contributed by atoms with Crippen LogP contribution in [0.15, 0.2) is 24.3 Å². The molecule has 0 amide bonds. The standard InChI is InChI=1S/C15H25N3/c1-3-14-5-4-6-15(13-14)16-7-8-18-11-9-17(2)10-12-18/h4-6,13,16H,3,7-12H2,1-2H3. The first kappa shape index (κ1) is 13.4. The molecule has 0 atom stereocenters. The maximum Gasteiger partial charge on any atom is 0.0343 e. The molecule has 2 rings (SSSR count). The molecule has 1 fully saturated rings. The molecule has 18 heavy (non-hydrogen) atoms. The third-order valence-corrected chi connectivity index (χ3v) is 3.69. The molecule has 1 saturated heterocycles. The van der Waals surface area contributed by atoms with Gasteiger partial charge in [0.05, 0.1) is 0 Å². The highest BCUT2D eigenvalue weighted by molar-refractivity contribution is 5.45. The summed E-state index contributed by atoms with van der Waals surface area (Å²) in [4.78, 5) is 4.94. The Morgan fingerprint density at radius 3 is 2.67 bits per heavy atom. The van der Waals surface area contributed by atoms with Gasteiger partial charge in [-0.25, -0.2) is 0 Å². The van der Waals surface area contributed by atoms with Gasteiger partial charge in [-0.15, -0.1) is 0 Å². The van der Waals surface area contributed by atoms with Crippen molar-refractivity contribution in [2.45, 2.75) is 13.3 Å². The fourth-order valence-electron chi connectivity index (χ4n) is 2.33. The van der Waals surface area contributed by atoms with Crippen LogP contribution in [-0.4, -0.2) is 56.1 Å². The Bertz CT molecular complexity index is 357. The van der Waals surface area contributed by atoms with Gasteiger partial charge in [0.1, 0.15) is 0 Å². The van der Waals surface area contributed by atoms with E-state index in [-0.39, 0.29) is 0 Å². The van der Waals surface area contributed by atoms with Crippen LogP contribution < -0.4 is 5.32 Å². The largest absolute Gasteiger partial charge is 0.384 e. The van der Waals surface area contributed by atoms with Gasteiger partial charge in [-0.1, -0.05) is 19.1 Å². The third-order valence-electron chi connectivity index (χ3n) is 3.69. The number of nitrogens with one attached hydrogen (secondary N) is 1. The Labute approximate surface area is 111 Å². The molecule has 1 aromatic rings. The summed E-state index contributed by atoms with van der Waals surface area (Å²) in [6.07, 6.45) is 1.11. The molecule has 100 valence electrons. The van der Waals surface area contributed by atoms with E-state index in [9.17, 15) is 0 Å². The highest BCUT2D eigenvalue weighted by Crippen LogP contribution is 2.10. The van der Waals surface area contributed by atoms with Crippen molar-refractivity contribution in [2.75, 3.05) is 51.6 Å². The number of piperazine rings is 1. The molecule has 0 saturated carbocycles. The lowest BCUT2D eigenvalue weighted by atomic mass is 10.1. The average molecular weight is 247 g/mol. The Hall–Kier alpha value is -1.06. The second-order valence-electron chi connectivity index (χ2n) is 5.13. The van der Waals surface area contributed by atoms with Gasteiger partial charge in [-0.3, -0.25) is 4.90 Å². The first-order valence-corrected chi connectivity index (χ1v) is 7.01. The number of anilines is 1. The third kappa shape index (κ3) is 4.00. The zero-order chi connectivity index (χ0) is 12.8. The topological polar surface area (TPSA) is 18.5 Å². The predicted molar refractivity (Wildman–Crippen MR) is 78.2 cm³/mol. The van der Waals surface area contributed by atoms with Gasteiger partial charge in [0, 0.05) is 45.0 Å². The SMILES string of the molecule is CCc1cccc(NCCN2CCN(C)CC2)c1. The summed E-state index contributed by atoms with van der Waals surface area (Å²) in [6, 6.07) is 8.73. The van der Waals surface area contributed by atoms with E-state index in [4.69, 9.17) is 0 Å². The van der Waals surface area contributed by atoms with E-state index in [1.54, 1.807) is 0 Å². The van der Waals surface area contributed by atoms with E-state index < -0.39 is 0 Å². The van der Waals surface area contributed by atoms with Crippen LogP contribution in [-0.2, 0) is 6.42 Å². The molecule has 0 spiro atoms. The number of hydrogen-bond donors (Lipinski definition) is 1. The highest BCUT2D eigenvalue weighted by atomic mass is 15.2. The highest BCUT2D eigenvalue weighted by Gasteiger charge is 2.12. The molecular weight excluding hydrogens is 222 g/mol. The van der Waals surface area contributed by atoms with Crippen molar-refractivity contribution in [1.29, 1.82) is 0 Å². The van der Waals surface area contributed by atoms with Crippen LogP contribution in [0.5, 0.6) is 0 Å². The van der Waals surface area contributed by atoms with E-state index in [1.165, 1.54) is 37.4 Å². The molecule has 1 aromatic carbocycles. The Kier molecular flexibility index (Phi) is 5.02. The molecule has 0 aromatic heterocycles. The van der Waals surface area contributed by atoms with Crippen LogP contribution >= 0.6 is 0 Å². The van der Waals surface area contributed by atoms with Crippen molar-refractivity contribution in [3.8, 4) is 0 Å². The van der Waals surface area contributed by atoms with E-state index >= 15 is 0 Å². The Morgan fingerprint density at radius 2 is 1.94 bits per heavy atom. The second-order valence-corrected chi connectivity index (χ2v) is 5.13. The summed E-state index contributed by atoms with van der Waals surface area (Å²) in [5.41, 5.74) is 2.66. The van der Waals surface area contributed by atoms with Crippen molar-refractivity contribution in [1.82, 2.24) is 9.80 Å². The van der Waals surface area contributed by atoms with Crippen LogP contribution in [0, 0.1) is 0 Å². The quantitative estimate of drug-likeness (QED) is 0.857. The summed E-state index contributed by atoms with van der Waals surface area (Å²) >= 11 is 0. The summed E-state index contributed by atoms with van der Waals surface area (Å²) in [5, 5.41) is 3.52. The fraction of sp³-hybridized carbons (Fsp3) is 0.600. The molecular formula is C15H25N3. The lowest BCUT2D eigenvalue weighted by Crippen LogP contribution is -2.45. The van der Waals surface area contributed by atoms with Gasteiger partial charge in [-0.2, -0.15) is 0 Å². The van der Waals surface area contributed by atoms with Crippen molar-refractivity contribution in [2.24, 2.45) is 0 Å². The van der Waals surface area contributed by atoms with Crippen molar-refractivity contribution in [3.05, 3.63) is 29.8 Å². The number of likely N-dealkylation sites (N-methyl/N-ethyl adjacent to an activating group) is 1. The Balaban J connectivity index is 1.71. The predicted octanol–water partition coefficient (Wildman–Crippen LogP) is 1.91. The van der Waals surface area contributed by atoms with Crippen LogP contribution in [0.1, 0.15) is 12.5 Å². The van der Waals surface area contributed by atoms with E-state index in [2.05, 4.69) is 53.4 Å². The minimum atomic E-state index is 1.04. The van der Waals surface area contributed by atoms with Gasteiger partial charge >= 0.3 is 0 Å². The molecule has 0 radical (unpaired) electrons. The zero-order valence-electron chi connectivity index (χ0n) is 11.7. The average Bonchev–Trinajstić information content (AvgIpc) is 2.41. The van der Waals surface area contributed by atoms with Crippen molar-refractivity contribution < 1.29 is 0 Å². The Morgan fingerprint density at radius 1 is 1.17 bits per heavy atom. The number of nitrogens with zero attached hydrogens (tertiary/aromatic N) is 2. The summed E-state index contributed by atoms with van der Waals surface area (Å²) in [6.45, 7) is 9.18. The maximum absolute atomic E-state index is 3.52. The maximum atomic E-state index is 3.52. The smallest absolute Gasteiger partial charge is 0.0343 e. The minimum Gasteiger partial charge on any atom is -0.384 e. The van der Waals surface area contributed by atoms with E-state index in [1.807, 2.05) is 0 Å². The van der Waals surface area contributed by atoms with Gasteiger partial charge < -0.3 is 10.2 Å². The van der Waals surface area contributed by atoms with E-state index in [0.29, 0.717) is 0 Å². The minimum absolute atomic E-state index is 1.04. The first-order chi connectivity index (χ1) is 8.78. The molecule has 3 nitrogen and oxygen atoms in total. The molecule has 0 unspecified atom stereocenters. The number of rotatable bonds is 5. The number of benzene rings is 1. The first-order valence-electron chi connectivity index (χ1n) is 7.01. The lowest BCUT2D eigenvalue weighted by Gasteiger charge is -2.32. The molecule has 3 heteroatoms. The summed E-state index contributed by atoms with van der Waals surface area (Å²) < 4.78 is 0.